The molecule has 1 aromatic rings. The molecule has 0 aromatic heterocycles. The minimum absolute atomic E-state index is 0.490. The second-order valence-corrected chi connectivity index (χ2v) is 6.82. The predicted octanol–water partition coefficient (Wildman–Crippen LogP) is 5.00. The van der Waals surface area contributed by atoms with Crippen molar-refractivity contribution in [3.8, 4) is 0 Å². The van der Waals surface area contributed by atoms with Crippen molar-refractivity contribution in [2.45, 2.75) is 71.5 Å². The molecule has 1 aliphatic rings. The molecule has 1 N–H and O–H groups in total. The summed E-state index contributed by atoms with van der Waals surface area (Å²) < 4.78 is 0. The molecule has 0 saturated carbocycles. The summed E-state index contributed by atoms with van der Waals surface area (Å²) in [6.45, 7) is 8.68. The number of nitrogens with one attached hydrogen (secondary N) is 1. The molecule has 1 heterocycles. The summed E-state index contributed by atoms with van der Waals surface area (Å²) in [5.41, 5.74) is 2.60. The maximum absolute atomic E-state index is 6.57. The normalized spacial score (nSPS) is 19.3. The van der Waals surface area contributed by atoms with E-state index in [1.807, 2.05) is 6.07 Å². The van der Waals surface area contributed by atoms with E-state index in [1.54, 1.807) is 0 Å². The first-order valence-electron chi connectivity index (χ1n) is 8.41. The fourth-order valence-electron chi connectivity index (χ4n) is 3.27. The van der Waals surface area contributed by atoms with E-state index in [1.165, 1.54) is 43.4 Å². The highest BCUT2D eigenvalue weighted by molar-refractivity contribution is 6.33. The van der Waals surface area contributed by atoms with Crippen LogP contribution in [0.1, 0.15) is 58.4 Å². The van der Waals surface area contributed by atoms with E-state index in [-0.39, 0.29) is 0 Å². The Morgan fingerprint density at radius 3 is 2.86 bits per heavy atom. The SMILES string of the molecule is CCCC1CCCCN1c1c(Cl)cccc1CNC(C)C. The molecule has 2 nitrogen and oxygen atoms in total. The molecule has 0 bridgehead atoms. The molecule has 1 aliphatic heterocycles. The van der Waals surface area contributed by atoms with Gasteiger partial charge < -0.3 is 10.2 Å². The van der Waals surface area contributed by atoms with Crippen LogP contribution in [0.5, 0.6) is 0 Å². The Balaban J connectivity index is 2.26. The highest BCUT2D eigenvalue weighted by atomic mass is 35.5. The fraction of sp³-hybridized carbons (Fsp3) is 0.667. The third kappa shape index (κ3) is 4.37. The lowest BCUT2D eigenvalue weighted by Gasteiger charge is -2.39. The first kappa shape index (κ1) is 16.6. The number of hydrogen-bond donors (Lipinski definition) is 1. The Kier molecular flexibility index (Phi) is 6.38. The van der Waals surface area contributed by atoms with E-state index in [4.69, 9.17) is 11.6 Å². The molecular weight excluding hydrogens is 280 g/mol. The fourth-order valence-corrected chi connectivity index (χ4v) is 3.57. The van der Waals surface area contributed by atoms with Crippen molar-refractivity contribution in [2.75, 3.05) is 11.4 Å². The quantitative estimate of drug-likeness (QED) is 0.796. The number of rotatable bonds is 6. The zero-order valence-electron chi connectivity index (χ0n) is 13.7. The second-order valence-electron chi connectivity index (χ2n) is 6.41. The molecule has 0 spiro atoms. The van der Waals surface area contributed by atoms with Crippen LogP contribution in [-0.2, 0) is 6.54 Å². The van der Waals surface area contributed by atoms with Crippen LogP contribution in [0.3, 0.4) is 0 Å². The monoisotopic (exact) mass is 308 g/mol. The summed E-state index contributed by atoms with van der Waals surface area (Å²) in [7, 11) is 0. The zero-order chi connectivity index (χ0) is 15.2. The Bertz CT molecular complexity index is 443. The summed E-state index contributed by atoms with van der Waals surface area (Å²) in [4.78, 5) is 2.58. The lowest BCUT2D eigenvalue weighted by Crippen LogP contribution is -2.40. The second kappa shape index (κ2) is 8.05. The molecule has 1 unspecified atom stereocenters. The van der Waals surface area contributed by atoms with Crippen LogP contribution in [0.15, 0.2) is 18.2 Å². The molecule has 0 amide bonds. The number of para-hydroxylation sites is 1. The molecule has 1 saturated heterocycles. The van der Waals surface area contributed by atoms with E-state index < -0.39 is 0 Å². The minimum Gasteiger partial charge on any atom is -0.367 e. The average Bonchev–Trinajstić information content (AvgIpc) is 2.46. The number of piperidine rings is 1. The molecular formula is C18H29ClN2. The molecule has 118 valence electrons. The summed E-state index contributed by atoms with van der Waals surface area (Å²) in [6.07, 6.45) is 6.44. The van der Waals surface area contributed by atoms with Gasteiger partial charge in [0.2, 0.25) is 0 Å². The molecule has 2 rings (SSSR count). The van der Waals surface area contributed by atoms with Crippen molar-refractivity contribution >= 4 is 17.3 Å². The molecule has 3 heteroatoms. The van der Waals surface area contributed by atoms with Gasteiger partial charge in [-0.25, -0.2) is 0 Å². The van der Waals surface area contributed by atoms with Gasteiger partial charge in [-0.2, -0.15) is 0 Å². The van der Waals surface area contributed by atoms with E-state index in [9.17, 15) is 0 Å². The lowest BCUT2D eigenvalue weighted by molar-refractivity contribution is 0.433. The number of benzene rings is 1. The lowest BCUT2D eigenvalue weighted by atomic mass is 9.96. The topological polar surface area (TPSA) is 15.3 Å². The number of anilines is 1. The van der Waals surface area contributed by atoms with E-state index in [2.05, 4.69) is 43.1 Å². The van der Waals surface area contributed by atoms with Crippen molar-refractivity contribution in [2.24, 2.45) is 0 Å². The van der Waals surface area contributed by atoms with Crippen molar-refractivity contribution in [3.63, 3.8) is 0 Å². The summed E-state index contributed by atoms with van der Waals surface area (Å²) >= 11 is 6.57. The van der Waals surface area contributed by atoms with Crippen LogP contribution in [0.25, 0.3) is 0 Å². The molecule has 21 heavy (non-hydrogen) atoms. The largest absolute Gasteiger partial charge is 0.367 e. The third-order valence-corrected chi connectivity index (χ3v) is 4.61. The van der Waals surface area contributed by atoms with Gasteiger partial charge in [0.05, 0.1) is 10.7 Å². The molecule has 1 atom stereocenters. The minimum atomic E-state index is 0.490. The van der Waals surface area contributed by atoms with Crippen molar-refractivity contribution < 1.29 is 0 Å². The Morgan fingerprint density at radius 2 is 2.14 bits per heavy atom. The molecule has 1 aromatic carbocycles. The first-order valence-corrected chi connectivity index (χ1v) is 8.78. The van der Waals surface area contributed by atoms with Gasteiger partial charge in [0.1, 0.15) is 0 Å². The van der Waals surface area contributed by atoms with Gasteiger partial charge in [0, 0.05) is 25.2 Å². The molecule has 1 fully saturated rings. The summed E-state index contributed by atoms with van der Waals surface area (Å²) in [6, 6.07) is 7.47. The molecule has 0 radical (unpaired) electrons. The van der Waals surface area contributed by atoms with Crippen LogP contribution < -0.4 is 10.2 Å². The van der Waals surface area contributed by atoms with Gasteiger partial charge in [-0.3, -0.25) is 0 Å². The maximum atomic E-state index is 6.57. The number of nitrogens with zero attached hydrogens (tertiary/aromatic N) is 1. The van der Waals surface area contributed by atoms with Crippen LogP contribution >= 0.6 is 11.6 Å². The van der Waals surface area contributed by atoms with Gasteiger partial charge in [0.15, 0.2) is 0 Å². The Morgan fingerprint density at radius 1 is 1.33 bits per heavy atom. The highest BCUT2D eigenvalue weighted by Gasteiger charge is 2.25. The van der Waals surface area contributed by atoms with Crippen LogP contribution in [0, 0.1) is 0 Å². The summed E-state index contributed by atoms with van der Waals surface area (Å²) in [5.74, 6) is 0. The summed E-state index contributed by atoms with van der Waals surface area (Å²) in [5, 5.41) is 4.43. The Hall–Kier alpha value is -0.730. The standard InChI is InChI=1S/C18H29ClN2/c1-4-8-16-10-5-6-12-21(16)18-15(13-20-14(2)3)9-7-11-17(18)19/h7,9,11,14,16,20H,4-6,8,10,12-13H2,1-3H3. The van der Waals surface area contributed by atoms with Gasteiger partial charge >= 0.3 is 0 Å². The van der Waals surface area contributed by atoms with Crippen molar-refractivity contribution in [1.82, 2.24) is 5.32 Å². The van der Waals surface area contributed by atoms with Gasteiger partial charge in [0.25, 0.3) is 0 Å². The average molecular weight is 309 g/mol. The van der Waals surface area contributed by atoms with E-state index in [0.29, 0.717) is 12.1 Å². The Labute approximate surface area is 134 Å². The zero-order valence-corrected chi connectivity index (χ0v) is 14.4. The highest BCUT2D eigenvalue weighted by Crippen LogP contribution is 2.35. The van der Waals surface area contributed by atoms with Crippen LogP contribution in [0.4, 0.5) is 5.69 Å². The molecule has 0 aliphatic carbocycles. The first-order chi connectivity index (χ1) is 10.1. The number of halogens is 1. The van der Waals surface area contributed by atoms with Gasteiger partial charge in [-0.15, -0.1) is 0 Å². The maximum Gasteiger partial charge on any atom is 0.0643 e. The van der Waals surface area contributed by atoms with E-state index in [0.717, 1.165) is 18.1 Å². The van der Waals surface area contributed by atoms with Gasteiger partial charge in [-0.1, -0.05) is 50.9 Å². The smallest absolute Gasteiger partial charge is 0.0643 e. The number of hydrogen-bond acceptors (Lipinski definition) is 2. The van der Waals surface area contributed by atoms with Crippen LogP contribution in [0.2, 0.25) is 5.02 Å². The van der Waals surface area contributed by atoms with Crippen molar-refractivity contribution in [3.05, 3.63) is 28.8 Å². The predicted molar refractivity (Wildman–Crippen MR) is 93.3 cm³/mol. The van der Waals surface area contributed by atoms with Crippen molar-refractivity contribution in [1.29, 1.82) is 0 Å². The van der Waals surface area contributed by atoms with Gasteiger partial charge in [-0.05, 0) is 37.3 Å². The van der Waals surface area contributed by atoms with E-state index >= 15 is 0 Å². The van der Waals surface area contributed by atoms with Crippen LogP contribution in [-0.4, -0.2) is 18.6 Å². The third-order valence-electron chi connectivity index (χ3n) is 4.31.